The van der Waals surface area contributed by atoms with Gasteiger partial charge in [-0.25, -0.2) is 0 Å². The van der Waals surface area contributed by atoms with Gasteiger partial charge in [0.25, 0.3) is 5.91 Å². The maximum atomic E-state index is 12.7. The first-order chi connectivity index (χ1) is 12.2. The summed E-state index contributed by atoms with van der Waals surface area (Å²) in [5.41, 5.74) is 1.72. The van der Waals surface area contributed by atoms with Crippen molar-refractivity contribution in [1.29, 1.82) is 0 Å². The Labute approximate surface area is 153 Å². The molecule has 0 spiro atoms. The Morgan fingerprint density at radius 3 is 2.84 bits per heavy atom. The summed E-state index contributed by atoms with van der Waals surface area (Å²) in [4.78, 5) is 14.6. The van der Waals surface area contributed by atoms with Gasteiger partial charge >= 0.3 is 0 Å². The smallest absolute Gasteiger partial charge is 0.253 e. The summed E-state index contributed by atoms with van der Waals surface area (Å²) in [7, 11) is 1.95. The molecule has 1 atom stereocenters. The molecule has 1 unspecified atom stereocenters. The van der Waals surface area contributed by atoms with Crippen LogP contribution in [0, 0.1) is 5.92 Å². The van der Waals surface area contributed by atoms with Crippen molar-refractivity contribution in [2.75, 3.05) is 26.7 Å². The lowest BCUT2D eigenvalue weighted by Gasteiger charge is -2.17. The molecule has 2 aromatic carbocycles. The summed E-state index contributed by atoms with van der Waals surface area (Å²) in [5, 5.41) is 3.89. The van der Waals surface area contributed by atoms with Gasteiger partial charge in [0.1, 0.15) is 12.4 Å². The van der Waals surface area contributed by atoms with Crippen molar-refractivity contribution in [3.8, 4) is 5.75 Å². The van der Waals surface area contributed by atoms with Crippen molar-refractivity contribution in [3.05, 3.63) is 64.7 Å². The lowest BCUT2D eigenvalue weighted by Crippen LogP contribution is -2.30. The highest BCUT2D eigenvalue weighted by molar-refractivity contribution is 6.30. The van der Waals surface area contributed by atoms with Crippen LogP contribution >= 0.6 is 11.6 Å². The van der Waals surface area contributed by atoms with Crippen LogP contribution in [0.15, 0.2) is 48.5 Å². The van der Waals surface area contributed by atoms with Gasteiger partial charge < -0.3 is 15.0 Å². The van der Waals surface area contributed by atoms with Crippen LogP contribution in [0.25, 0.3) is 0 Å². The zero-order valence-corrected chi connectivity index (χ0v) is 15.1. The SMILES string of the molecule is CNCC1CCN(C(=O)c2cccc(OCc3ccc(Cl)cc3)c2)C1. The summed E-state index contributed by atoms with van der Waals surface area (Å²) < 4.78 is 5.82. The largest absolute Gasteiger partial charge is 0.489 e. The van der Waals surface area contributed by atoms with E-state index in [0.717, 1.165) is 31.6 Å². The lowest BCUT2D eigenvalue weighted by atomic mass is 10.1. The highest BCUT2D eigenvalue weighted by atomic mass is 35.5. The van der Waals surface area contributed by atoms with Crippen molar-refractivity contribution >= 4 is 17.5 Å². The first-order valence-electron chi connectivity index (χ1n) is 8.57. The number of ether oxygens (including phenoxy) is 1. The van der Waals surface area contributed by atoms with Gasteiger partial charge in [-0.3, -0.25) is 4.79 Å². The quantitative estimate of drug-likeness (QED) is 0.857. The minimum absolute atomic E-state index is 0.0792. The van der Waals surface area contributed by atoms with Gasteiger partial charge in [-0.15, -0.1) is 0 Å². The summed E-state index contributed by atoms with van der Waals surface area (Å²) in [5.74, 6) is 1.32. The minimum atomic E-state index is 0.0792. The van der Waals surface area contributed by atoms with Crippen molar-refractivity contribution in [2.45, 2.75) is 13.0 Å². The summed E-state index contributed by atoms with van der Waals surface area (Å²) >= 11 is 5.89. The Bertz CT molecular complexity index is 718. The Balaban J connectivity index is 1.61. The van der Waals surface area contributed by atoms with Crippen molar-refractivity contribution in [2.24, 2.45) is 5.92 Å². The third-order valence-electron chi connectivity index (χ3n) is 4.47. The summed E-state index contributed by atoms with van der Waals surface area (Å²) in [6, 6.07) is 15.0. The molecule has 0 radical (unpaired) electrons. The minimum Gasteiger partial charge on any atom is -0.489 e. The van der Waals surface area contributed by atoms with Gasteiger partial charge in [-0.05, 0) is 61.8 Å². The Morgan fingerprint density at radius 1 is 1.28 bits per heavy atom. The van der Waals surface area contributed by atoms with E-state index < -0.39 is 0 Å². The molecule has 25 heavy (non-hydrogen) atoms. The Hall–Kier alpha value is -2.04. The second-order valence-electron chi connectivity index (χ2n) is 6.41. The molecule has 132 valence electrons. The Kier molecular flexibility index (Phi) is 5.95. The molecule has 0 aliphatic carbocycles. The van der Waals surface area contributed by atoms with Crippen LogP contribution in [-0.4, -0.2) is 37.5 Å². The molecule has 1 aliphatic rings. The van der Waals surface area contributed by atoms with Crippen LogP contribution in [0.5, 0.6) is 5.75 Å². The third kappa shape index (κ3) is 4.74. The molecular weight excluding hydrogens is 336 g/mol. The molecule has 1 fully saturated rings. The number of amides is 1. The fourth-order valence-corrected chi connectivity index (χ4v) is 3.25. The lowest BCUT2D eigenvalue weighted by molar-refractivity contribution is 0.0786. The fourth-order valence-electron chi connectivity index (χ4n) is 3.12. The molecule has 0 aromatic heterocycles. The molecule has 0 saturated carbocycles. The number of nitrogens with zero attached hydrogens (tertiary/aromatic N) is 1. The number of hydrogen-bond donors (Lipinski definition) is 1. The van der Waals surface area contributed by atoms with Crippen molar-refractivity contribution < 1.29 is 9.53 Å². The maximum Gasteiger partial charge on any atom is 0.253 e. The van der Waals surface area contributed by atoms with E-state index in [0.29, 0.717) is 28.9 Å². The number of benzene rings is 2. The van der Waals surface area contributed by atoms with Gasteiger partial charge in [-0.1, -0.05) is 29.8 Å². The first-order valence-corrected chi connectivity index (χ1v) is 8.94. The fraction of sp³-hybridized carbons (Fsp3) is 0.350. The highest BCUT2D eigenvalue weighted by Gasteiger charge is 2.26. The zero-order valence-electron chi connectivity index (χ0n) is 14.4. The number of likely N-dealkylation sites (tertiary alicyclic amines) is 1. The second kappa shape index (κ2) is 8.37. The normalized spacial score (nSPS) is 16.9. The molecule has 2 aromatic rings. The number of halogens is 1. The molecule has 0 bridgehead atoms. The van der Waals surface area contributed by atoms with E-state index in [4.69, 9.17) is 16.3 Å². The number of carbonyl (C=O) groups is 1. The molecular formula is C20H23ClN2O2. The Morgan fingerprint density at radius 2 is 2.08 bits per heavy atom. The maximum absolute atomic E-state index is 12.7. The van der Waals surface area contributed by atoms with Gasteiger partial charge in [0.2, 0.25) is 0 Å². The standard InChI is InChI=1S/C20H23ClN2O2/c1-22-12-16-9-10-23(13-16)20(24)17-3-2-4-19(11-17)25-14-15-5-7-18(21)8-6-15/h2-8,11,16,22H,9-10,12-14H2,1H3. The average Bonchev–Trinajstić information content (AvgIpc) is 3.10. The van der Waals surface area contributed by atoms with E-state index in [9.17, 15) is 4.79 Å². The van der Waals surface area contributed by atoms with E-state index in [1.165, 1.54) is 0 Å². The molecule has 1 heterocycles. The second-order valence-corrected chi connectivity index (χ2v) is 6.84. The number of carbonyl (C=O) groups excluding carboxylic acids is 1. The molecule has 1 amide bonds. The molecule has 5 heteroatoms. The van der Waals surface area contributed by atoms with Crippen LogP contribution in [0.4, 0.5) is 0 Å². The van der Waals surface area contributed by atoms with Crippen LogP contribution < -0.4 is 10.1 Å². The van der Waals surface area contributed by atoms with Gasteiger partial charge in [0.15, 0.2) is 0 Å². The summed E-state index contributed by atoms with van der Waals surface area (Å²) in [6.45, 7) is 3.04. The highest BCUT2D eigenvalue weighted by Crippen LogP contribution is 2.21. The van der Waals surface area contributed by atoms with Gasteiger partial charge in [0.05, 0.1) is 0 Å². The van der Waals surface area contributed by atoms with Crippen molar-refractivity contribution in [3.63, 3.8) is 0 Å². The monoisotopic (exact) mass is 358 g/mol. The van der Waals surface area contributed by atoms with Crippen LogP contribution in [0.1, 0.15) is 22.3 Å². The average molecular weight is 359 g/mol. The predicted molar refractivity (Wildman–Crippen MR) is 100 cm³/mol. The van der Waals surface area contributed by atoms with E-state index >= 15 is 0 Å². The van der Waals surface area contributed by atoms with Gasteiger partial charge in [0, 0.05) is 23.7 Å². The molecule has 1 saturated heterocycles. The van der Waals surface area contributed by atoms with Crippen LogP contribution in [0.3, 0.4) is 0 Å². The van der Waals surface area contributed by atoms with E-state index in [-0.39, 0.29) is 5.91 Å². The number of nitrogens with one attached hydrogen (secondary N) is 1. The van der Waals surface area contributed by atoms with Crippen molar-refractivity contribution in [1.82, 2.24) is 10.2 Å². The molecule has 3 rings (SSSR count). The van der Waals surface area contributed by atoms with E-state index in [1.807, 2.05) is 60.5 Å². The predicted octanol–water partition coefficient (Wildman–Crippen LogP) is 3.60. The molecule has 4 nitrogen and oxygen atoms in total. The summed E-state index contributed by atoms with van der Waals surface area (Å²) in [6.07, 6.45) is 1.05. The van der Waals surface area contributed by atoms with E-state index in [1.54, 1.807) is 0 Å². The zero-order chi connectivity index (χ0) is 17.6. The van der Waals surface area contributed by atoms with Gasteiger partial charge in [-0.2, -0.15) is 0 Å². The topological polar surface area (TPSA) is 41.6 Å². The van der Waals surface area contributed by atoms with Crippen LogP contribution in [0.2, 0.25) is 5.02 Å². The molecule has 1 N–H and O–H groups in total. The number of hydrogen-bond acceptors (Lipinski definition) is 3. The van der Waals surface area contributed by atoms with E-state index in [2.05, 4.69) is 5.32 Å². The third-order valence-corrected chi connectivity index (χ3v) is 4.72. The number of rotatable bonds is 6. The first kappa shape index (κ1) is 17.8. The van der Waals surface area contributed by atoms with Crippen LogP contribution in [-0.2, 0) is 6.61 Å². The molecule has 1 aliphatic heterocycles.